The van der Waals surface area contributed by atoms with Crippen LogP contribution in [0.3, 0.4) is 0 Å². The summed E-state index contributed by atoms with van der Waals surface area (Å²) in [5.41, 5.74) is 1.16. The molecule has 102 valence electrons. The molecular weight excluding hydrogens is 242 g/mol. The zero-order chi connectivity index (χ0) is 13.0. The van der Waals surface area contributed by atoms with Gasteiger partial charge in [0.1, 0.15) is 5.01 Å². The van der Waals surface area contributed by atoms with Crippen LogP contribution >= 0.6 is 11.3 Å². The maximum Gasteiger partial charge on any atom is 0.107 e. The molecule has 0 aromatic carbocycles. The van der Waals surface area contributed by atoms with Crippen LogP contribution in [-0.2, 0) is 6.54 Å². The molecule has 2 rings (SSSR count). The standard InChI is InChI=1S/C14H25N3S/c1-11(2)7-15-8-13-5-4-6-17(13)9-14-16-12(3)10-18-14/h10-11,13,15H,4-9H2,1-3H3. The summed E-state index contributed by atoms with van der Waals surface area (Å²) in [6, 6.07) is 0.702. The fourth-order valence-electron chi connectivity index (χ4n) is 2.52. The predicted octanol–water partition coefficient (Wildman–Crippen LogP) is 2.66. The van der Waals surface area contributed by atoms with Gasteiger partial charge in [0.15, 0.2) is 0 Å². The Kier molecular flexibility index (Phi) is 5.15. The Hall–Kier alpha value is -0.450. The molecule has 1 fully saturated rings. The quantitative estimate of drug-likeness (QED) is 0.859. The molecule has 2 heterocycles. The van der Waals surface area contributed by atoms with E-state index in [1.54, 1.807) is 11.3 Å². The fourth-order valence-corrected chi connectivity index (χ4v) is 3.32. The molecular formula is C14H25N3S. The van der Waals surface area contributed by atoms with E-state index in [0.717, 1.165) is 31.2 Å². The van der Waals surface area contributed by atoms with Crippen molar-refractivity contribution in [2.75, 3.05) is 19.6 Å². The molecule has 3 nitrogen and oxygen atoms in total. The minimum Gasteiger partial charge on any atom is -0.315 e. The Morgan fingerprint density at radius 2 is 2.39 bits per heavy atom. The summed E-state index contributed by atoms with van der Waals surface area (Å²) >= 11 is 1.79. The third-order valence-electron chi connectivity index (χ3n) is 3.44. The number of nitrogens with one attached hydrogen (secondary N) is 1. The maximum atomic E-state index is 4.57. The van der Waals surface area contributed by atoms with E-state index in [1.165, 1.54) is 24.4 Å². The van der Waals surface area contributed by atoms with E-state index in [2.05, 4.69) is 41.4 Å². The van der Waals surface area contributed by atoms with Crippen LogP contribution in [0.25, 0.3) is 0 Å². The van der Waals surface area contributed by atoms with Gasteiger partial charge in [0.2, 0.25) is 0 Å². The van der Waals surface area contributed by atoms with Gasteiger partial charge in [-0.15, -0.1) is 11.3 Å². The molecule has 0 amide bonds. The normalized spacial score (nSPS) is 21.0. The molecule has 1 aliphatic heterocycles. The summed E-state index contributed by atoms with van der Waals surface area (Å²) in [4.78, 5) is 7.16. The summed E-state index contributed by atoms with van der Waals surface area (Å²) < 4.78 is 0. The van der Waals surface area contributed by atoms with Gasteiger partial charge in [-0.1, -0.05) is 13.8 Å². The Labute approximate surface area is 115 Å². The topological polar surface area (TPSA) is 28.2 Å². The van der Waals surface area contributed by atoms with E-state index >= 15 is 0 Å². The lowest BCUT2D eigenvalue weighted by Gasteiger charge is -2.24. The van der Waals surface area contributed by atoms with Crippen molar-refractivity contribution in [3.8, 4) is 0 Å². The van der Waals surface area contributed by atoms with Gasteiger partial charge < -0.3 is 5.32 Å². The molecule has 0 radical (unpaired) electrons. The largest absolute Gasteiger partial charge is 0.315 e. The fraction of sp³-hybridized carbons (Fsp3) is 0.786. The summed E-state index contributed by atoms with van der Waals surface area (Å²) in [6.07, 6.45) is 2.66. The highest BCUT2D eigenvalue weighted by Crippen LogP contribution is 2.21. The first kappa shape index (κ1) is 14.0. The Bertz CT molecular complexity index is 362. The van der Waals surface area contributed by atoms with E-state index in [9.17, 15) is 0 Å². The third kappa shape index (κ3) is 4.04. The summed E-state index contributed by atoms with van der Waals surface area (Å²) in [7, 11) is 0. The first-order chi connectivity index (χ1) is 8.65. The maximum absolute atomic E-state index is 4.57. The number of aryl methyl sites for hydroxylation is 1. The average molecular weight is 267 g/mol. The molecule has 1 saturated heterocycles. The highest BCUT2D eigenvalue weighted by molar-refractivity contribution is 7.09. The summed E-state index contributed by atoms with van der Waals surface area (Å²) in [6.45, 7) is 11.1. The Morgan fingerprint density at radius 3 is 3.06 bits per heavy atom. The van der Waals surface area contributed by atoms with Gasteiger partial charge in [-0.2, -0.15) is 0 Å². The summed E-state index contributed by atoms with van der Waals surface area (Å²) in [5, 5.41) is 7.01. The van der Waals surface area contributed by atoms with Crippen LogP contribution in [0.5, 0.6) is 0 Å². The molecule has 18 heavy (non-hydrogen) atoms. The van der Waals surface area contributed by atoms with Gasteiger partial charge in [-0.25, -0.2) is 4.98 Å². The van der Waals surface area contributed by atoms with E-state index in [4.69, 9.17) is 0 Å². The van der Waals surface area contributed by atoms with Gasteiger partial charge in [0, 0.05) is 23.7 Å². The van der Waals surface area contributed by atoms with Crippen LogP contribution in [0.1, 0.15) is 37.4 Å². The van der Waals surface area contributed by atoms with Gasteiger partial charge in [0.25, 0.3) is 0 Å². The van der Waals surface area contributed by atoms with Gasteiger partial charge in [0.05, 0.1) is 6.54 Å². The zero-order valence-electron chi connectivity index (χ0n) is 11.8. The van der Waals surface area contributed by atoms with Crippen LogP contribution < -0.4 is 5.32 Å². The molecule has 0 bridgehead atoms. The van der Waals surface area contributed by atoms with Crippen molar-refractivity contribution in [2.45, 2.75) is 46.2 Å². The minimum absolute atomic E-state index is 0.702. The highest BCUT2D eigenvalue weighted by Gasteiger charge is 2.24. The minimum atomic E-state index is 0.702. The predicted molar refractivity (Wildman–Crippen MR) is 78.0 cm³/mol. The second kappa shape index (κ2) is 6.64. The van der Waals surface area contributed by atoms with E-state index in [1.807, 2.05) is 0 Å². The van der Waals surface area contributed by atoms with Gasteiger partial charge in [-0.05, 0) is 38.8 Å². The number of likely N-dealkylation sites (tertiary alicyclic amines) is 1. The zero-order valence-corrected chi connectivity index (χ0v) is 12.6. The Balaban J connectivity index is 1.80. The second-order valence-corrected chi connectivity index (χ2v) is 6.64. The van der Waals surface area contributed by atoms with E-state index in [0.29, 0.717) is 6.04 Å². The van der Waals surface area contributed by atoms with Crippen molar-refractivity contribution in [3.63, 3.8) is 0 Å². The van der Waals surface area contributed by atoms with E-state index < -0.39 is 0 Å². The summed E-state index contributed by atoms with van der Waals surface area (Å²) in [5.74, 6) is 0.737. The molecule has 1 aromatic heterocycles. The highest BCUT2D eigenvalue weighted by atomic mass is 32.1. The van der Waals surface area contributed by atoms with Gasteiger partial charge in [-0.3, -0.25) is 4.90 Å². The van der Waals surface area contributed by atoms with Crippen molar-refractivity contribution in [1.82, 2.24) is 15.2 Å². The second-order valence-electron chi connectivity index (χ2n) is 5.70. The van der Waals surface area contributed by atoms with Crippen molar-refractivity contribution in [2.24, 2.45) is 5.92 Å². The number of rotatable bonds is 6. The smallest absolute Gasteiger partial charge is 0.107 e. The number of hydrogen-bond donors (Lipinski definition) is 1. The SMILES string of the molecule is Cc1csc(CN2CCCC2CNCC(C)C)n1. The van der Waals surface area contributed by atoms with Crippen LogP contribution in [0, 0.1) is 12.8 Å². The monoisotopic (exact) mass is 267 g/mol. The molecule has 0 aliphatic carbocycles. The van der Waals surface area contributed by atoms with Crippen LogP contribution in [0.2, 0.25) is 0 Å². The van der Waals surface area contributed by atoms with Crippen LogP contribution in [0.15, 0.2) is 5.38 Å². The van der Waals surface area contributed by atoms with Crippen LogP contribution in [-0.4, -0.2) is 35.6 Å². The molecule has 1 N–H and O–H groups in total. The molecule has 1 atom stereocenters. The van der Waals surface area contributed by atoms with Crippen molar-refractivity contribution >= 4 is 11.3 Å². The lowest BCUT2D eigenvalue weighted by atomic mass is 10.2. The number of nitrogens with zero attached hydrogens (tertiary/aromatic N) is 2. The lowest BCUT2D eigenvalue weighted by molar-refractivity contribution is 0.237. The lowest BCUT2D eigenvalue weighted by Crippen LogP contribution is -2.38. The number of aromatic nitrogens is 1. The number of thiazole rings is 1. The molecule has 0 saturated carbocycles. The van der Waals surface area contributed by atoms with Crippen molar-refractivity contribution < 1.29 is 0 Å². The van der Waals surface area contributed by atoms with Crippen molar-refractivity contribution in [1.29, 1.82) is 0 Å². The average Bonchev–Trinajstić information content (AvgIpc) is 2.89. The first-order valence-electron chi connectivity index (χ1n) is 7.01. The van der Waals surface area contributed by atoms with E-state index in [-0.39, 0.29) is 0 Å². The van der Waals surface area contributed by atoms with Gasteiger partial charge >= 0.3 is 0 Å². The van der Waals surface area contributed by atoms with Crippen LogP contribution in [0.4, 0.5) is 0 Å². The first-order valence-corrected chi connectivity index (χ1v) is 7.89. The number of hydrogen-bond acceptors (Lipinski definition) is 4. The third-order valence-corrected chi connectivity index (χ3v) is 4.39. The van der Waals surface area contributed by atoms with Crippen molar-refractivity contribution in [3.05, 3.63) is 16.1 Å². The molecule has 0 spiro atoms. The molecule has 4 heteroatoms. The molecule has 1 aromatic rings. The Morgan fingerprint density at radius 1 is 1.56 bits per heavy atom. The molecule has 1 unspecified atom stereocenters. The molecule has 1 aliphatic rings.